The van der Waals surface area contributed by atoms with Gasteiger partial charge in [0.15, 0.2) is 0 Å². The molecule has 94 valence electrons. The molecule has 2 bridgehead atoms. The Morgan fingerprint density at radius 2 is 2.06 bits per heavy atom. The summed E-state index contributed by atoms with van der Waals surface area (Å²) in [5, 5.41) is 0. The van der Waals surface area contributed by atoms with Crippen molar-refractivity contribution in [3.8, 4) is 0 Å². The Morgan fingerprint density at radius 3 is 2.56 bits per heavy atom. The van der Waals surface area contributed by atoms with Crippen molar-refractivity contribution in [3.05, 3.63) is 0 Å². The lowest BCUT2D eigenvalue weighted by molar-refractivity contribution is -0.168. The first-order valence-corrected chi connectivity index (χ1v) is 6.24. The second-order valence-electron chi connectivity index (χ2n) is 4.60. The second kappa shape index (κ2) is 4.74. The van der Waals surface area contributed by atoms with Gasteiger partial charge in [-0.05, 0) is 31.1 Å². The number of alkyl halides is 3. The molecule has 0 aromatic carbocycles. The molecule has 2 rings (SSSR count). The minimum atomic E-state index is -3.32. The van der Waals surface area contributed by atoms with Gasteiger partial charge in [-0.2, -0.15) is 4.33 Å². The molecule has 0 heterocycles. The Morgan fingerprint density at radius 1 is 1.31 bits per heavy atom. The monoisotopic (exact) mass is 256 g/mol. The van der Waals surface area contributed by atoms with Gasteiger partial charge in [-0.15, -0.1) is 0 Å². The third-order valence-corrected chi connectivity index (χ3v) is 4.42. The standard InChI is InChI=1S/C10H15F3O2S/c1-14-15-16-9(11)10(12,13)8-5-6-2-3-7(8)4-6/h6-9H,2-5H2,1H3. The zero-order valence-electron chi connectivity index (χ0n) is 9.00. The molecule has 0 aromatic heterocycles. The molecule has 0 radical (unpaired) electrons. The molecule has 0 N–H and O–H groups in total. The van der Waals surface area contributed by atoms with Crippen molar-refractivity contribution in [2.24, 2.45) is 17.8 Å². The predicted octanol–water partition coefficient (Wildman–Crippen LogP) is 3.58. The maximum Gasteiger partial charge on any atom is 0.293 e. The third-order valence-electron chi connectivity index (χ3n) is 3.73. The maximum absolute atomic E-state index is 13.8. The number of fused-ring (bicyclic) bond motifs is 2. The molecule has 4 unspecified atom stereocenters. The summed E-state index contributed by atoms with van der Waals surface area (Å²) in [4.78, 5) is 4.12. The Hall–Kier alpha value is 0.0600. The lowest BCUT2D eigenvalue weighted by Crippen LogP contribution is -2.39. The van der Waals surface area contributed by atoms with Crippen LogP contribution in [0.4, 0.5) is 13.2 Å². The molecule has 6 heteroatoms. The minimum Gasteiger partial charge on any atom is -0.228 e. The molecular weight excluding hydrogens is 241 g/mol. The fraction of sp³-hybridized carbons (Fsp3) is 1.00. The van der Waals surface area contributed by atoms with Gasteiger partial charge in [0.25, 0.3) is 5.92 Å². The highest BCUT2D eigenvalue weighted by Crippen LogP contribution is 2.55. The van der Waals surface area contributed by atoms with Crippen molar-refractivity contribution in [2.75, 3.05) is 7.11 Å². The van der Waals surface area contributed by atoms with E-state index in [0.29, 0.717) is 12.3 Å². The van der Waals surface area contributed by atoms with Gasteiger partial charge in [0.05, 0.1) is 19.2 Å². The third kappa shape index (κ3) is 2.19. The lowest BCUT2D eigenvalue weighted by atomic mass is 9.84. The summed E-state index contributed by atoms with van der Waals surface area (Å²) in [6.07, 6.45) is 3.12. The van der Waals surface area contributed by atoms with Crippen LogP contribution in [0.2, 0.25) is 0 Å². The molecule has 0 spiro atoms. The average Bonchev–Trinajstić information content (AvgIpc) is 2.87. The fourth-order valence-corrected chi connectivity index (χ4v) is 3.47. The van der Waals surface area contributed by atoms with Gasteiger partial charge in [0, 0.05) is 5.92 Å². The smallest absolute Gasteiger partial charge is 0.228 e. The van der Waals surface area contributed by atoms with Crippen LogP contribution in [0.5, 0.6) is 0 Å². The molecule has 2 saturated carbocycles. The molecule has 0 aliphatic heterocycles. The number of hydrogen-bond acceptors (Lipinski definition) is 3. The largest absolute Gasteiger partial charge is 0.293 e. The van der Waals surface area contributed by atoms with E-state index in [9.17, 15) is 13.2 Å². The van der Waals surface area contributed by atoms with Gasteiger partial charge >= 0.3 is 0 Å². The van der Waals surface area contributed by atoms with Gasteiger partial charge in [-0.25, -0.2) is 18.1 Å². The molecule has 0 aromatic rings. The minimum absolute atomic E-state index is 0.0126. The van der Waals surface area contributed by atoms with E-state index in [-0.39, 0.29) is 18.0 Å². The highest BCUT2D eigenvalue weighted by molar-refractivity contribution is 7.95. The molecule has 2 nitrogen and oxygen atoms in total. The van der Waals surface area contributed by atoms with Crippen LogP contribution in [0.1, 0.15) is 25.7 Å². The van der Waals surface area contributed by atoms with Crippen molar-refractivity contribution >= 4 is 12.0 Å². The summed E-state index contributed by atoms with van der Waals surface area (Å²) in [5.41, 5.74) is -2.35. The topological polar surface area (TPSA) is 18.5 Å². The van der Waals surface area contributed by atoms with E-state index in [1.807, 2.05) is 0 Å². The van der Waals surface area contributed by atoms with Gasteiger partial charge in [0.2, 0.25) is 5.50 Å². The number of hydrogen-bond donors (Lipinski definition) is 0. The highest BCUT2D eigenvalue weighted by atomic mass is 32.2. The zero-order valence-corrected chi connectivity index (χ0v) is 9.81. The molecule has 4 atom stereocenters. The highest BCUT2D eigenvalue weighted by Gasteiger charge is 2.57. The van der Waals surface area contributed by atoms with Crippen LogP contribution in [0.25, 0.3) is 0 Å². The van der Waals surface area contributed by atoms with Crippen molar-refractivity contribution in [1.29, 1.82) is 0 Å². The van der Waals surface area contributed by atoms with Gasteiger partial charge in [-0.3, -0.25) is 0 Å². The Kier molecular flexibility index (Phi) is 3.71. The molecule has 2 aliphatic carbocycles. The van der Waals surface area contributed by atoms with Crippen molar-refractivity contribution in [2.45, 2.75) is 37.1 Å². The van der Waals surface area contributed by atoms with E-state index < -0.39 is 17.3 Å². The number of rotatable bonds is 5. The predicted molar refractivity (Wildman–Crippen MR) is 54.5 cm³/mol. The summed E-state index contributed by atoms with van der Waals surface area (Å²) in [6.45, 7) is 0. The molecule has 0 amide bonds. The van der Waals surface area contributed by atoms with Crippen molar-refractivity contribution < 1.29 is 22.4 Å². The first kappa shape index (κ1) is 12.5. The van der Waals surface area contributed by atoms with E-state index >= 15 is 0 Å². The second-order valence-corrected chi connectivity index (χ2v) is 5.35. The molecule has 16 heavy (non-hydrogen) atoms. The summed E-state index contributed by atoms with van der Waals surface area (Å²) in [6, 6.07) is 0. The first-order valence-electron chi connectivity index (χ1n) is 5.43. The van der Waals surface area contributed by atoms with Crippen LogP contribution in [0.15, 0.2) is 0 Å². The van der Waals surface area contributed by atoms with E-state index in [4.69, 9.17) is 0 Å². The molecule has 0 saturated heterocycles. The molecular formula is C10H15F3O2S. The van der Waals surface area contributed by atoms with E-state index in [1.54, 1.807) is 0 Å². The lowest BCUT2D eigenvalue weighted by Gasteiger charge is -2.31. The average molecular weight is 256 g/mol. The van der Waals surface area contributed by atoms with Gasteiger partial charge in [0.1, 0.15) is 0 Å². The van der Waals surface area contributed by atoms with E-state index in [2.05, 4.69) is 9.22 Å². The summed E-state index contributed by atoms with van der Waals surface area (Å²) < 4.78 is 45.1. The number of halogens is 3. The Balaban J connectivity index is 1.95. The van der Waals surface area contributed by atoms with Crippen LogP contribution in [0, 0.1) is 17.8 Å². The van der Waals surface area contributed by atoms with E-state index in [0.717, 1.165) is 26.4 Å². The SMILES string of the molecule is COOSC(F)C(F)(F)C1CC2CCC1C2. The summed E-state index contributed by atoms with van der Waals surface area (Å²) >= 11 is 0.0587. The van der Waals surface area contributed by atoms with Crippen LogP contribution < -0.4 is 0 Å². The van der Waals surface area contributed by atoms with Crippen LogP contribution in [0.3, 0.4) is 0 Å². The van der Waals surface area contributed by atoms with Gasteiger partial charge < -0.3 is 0 Å². The first-order chi connectivity index (χ1) is 7.55. The summed E-state index contributed by atoms with van der Waals surface area (Å²) in [5.74, 6) is -3.78. The zero-order chi connectivity index (χ0) is 11.8. The Labute approximate surface area is 97.0 Å². The molecule has 2 aliphatic rings. The van der Waals surface area contributed by atoms with Gasteiger partial charge in [-0.1, -0.05) is 6.42 Å². The maximum atomic E-state index is 13.8. The van der Waals surface area contributed by atoms with Crippen molar-refractivity contribution in [3.63, 3.8) is 0 Å². The van der Waals surface area contributed by atoms with Crippen LogP contribution in [-0.2, 0) is 9.22 Å². The Bertz CT molecular complexity index is 252. The molecule has 2 fully saturated rings. The fourth-order valence-electron chi connectivity index (χ4n) is 3.02. The van der Waals surface area contributed by atoms with Crippen molar-refractivity contribution in [1.82, 2.24) is 0 Å². The van der Waals surface area contributed by atoms with Crippen LogP contribution in [-0.4, -0.2) is 18.5 Å². The van der Waals surface area contributed by atoms with Crippen LogP contribution >= 0.6 is 12.0 Å². The quantitative estimate of drug-likeness (QED) is 0.425. The van der Waals surface area contributed by atoms with E-state index in [1.165, 1.54) is 0 Å². The normalized spacial score (nSPS) is 35.6. The summed E-state index contributed by atoms with van der Waals surface area (Å²) in [7, 11) is 1.16.